The second kappa shape index (κ2) is 16.5. The number of imide groups is 1. The molecule has 5 aromatic rings. The Balaban J connectivity index is 0.826. The predicted octanol–water partition coefficient (Wildman–Crippen LogP) is 6.07. The largest absolute Gasteiger partial charge is 0.451 e. The van der Waals surface area contributed by atoms with Crippen LogP contribution in [-0.2, 0) is 26.8 Å². The second-order valence-corrected chi connectivity index (χ2v) is 18.8. The molecular weight excluding hydrogens is 844 g/mol. The number of anilines is 2. The van der Waals surface area contributed by atoms with E-state index in [0.29, 0.717) is 41.4 Å². The van der Waals surface area contributed by atoms with E-state index in [2.05, 4.69) is 25.0 Å². The third kappa shape index (κ3) is 8.01. The molecule has 1 atom stereocenters. The fraction of sp³-hybridized carbons (Fsp3) is 0.465. The van der Waals surface area contributed by atoms with E-state index in [9.17, 15) is 27.2 Å². The van der Waals surface area contributed by atoms with Crippen LogP contribution in [0, 0.1) is 17.5 Å². The van der Waals surface area contributed by atoms with Gasteiger partial charge < -0.3 is 14.4 Å². The van der Waals surface area contributed by atoms with Gasteiger partial charge in [0.05, 0.1) is 46.7 Å². The van der Waals surface area contributed by atoms with Gasteiger partial charge in [0.15, 0.2) is 17.5 Å². The summed E-state index contributed by atoms with van der Waals surface area (Å²) in [6.07, 6.45) is 7.32. The number of piperidine rings is 1. The van der Waals surface area contributed by atoms with Crippen LogP contribution in [-0.4, -0.2) is 100 Å². The number of aryl methyl sites for hydroxylation is 1. The first kappa shape index (κ1) is 42.7. The third-order valence-electron chi connectivity index (χ3n) is 13.3. The molecule has 2 N–H and O–H groups in total. The minimum atomic E-state index is -4.10. The number of likely N-dealkylation sites (tertiary alicyclic amines) is 1. The van der Waals surface area contributed by atoms with Crippen LogP contribution in [0.5, 0.6) is 11.5 Å². The Morgan fingerprint density at radius 1 is 0.968 bits per heavy atom. The van der Waals surface area contributed by atoms with E-state index < -0.39 is 44.9 Å². The van der Waals surface area contributed by atoms with E-state index in [1.165, 1.54) is 42.5 Å². The number of aromatic nitrogens is 4. The van der Waals surface area contributed by atoms with Crippen molar-refractivity contribution in [1.29, 1.82) is 0 Å². The van der Waals surface area contributed by atoms with Crippen molar-refractivity contribution in [3.8, 4) is 11.5 Å². The van der Waals surface area contributed by atoms with Gasteiger partial charge in [-0.2, -0.15) is 17.8 Å². The molecule has 334 valence electrons. The molecule has 20 heteroatoms. The van der Waals surface area contributed by atoms with Gasteiger partial charge in [-0.25, -0.2) is 22.9 Å². The summed E-state index contributed by atoms with van der Waals surface area (Å²) in [5.41, 5.74) is 0.471. The lowest BCUT2D eigenvalue weighted by Crippen LogP contribution is -2.49. The van der Waals surface area contributed by atoms with Crippen LogP contribution in [0.3, 0.4) is 0 Å². The van der Waals surface area contributed by atoms with E-state index in [4.69, 9.17) is 9.47 Å². The van der Waals surface area contributed by atoms with E-state index in [-0.39, 0.29) is 59.9 Å². The van der Waals surface area contributed by atoms with E-state index in [1.807, 2.05) is 6.07 Å². The number of carbonyl (C=O) groups is 2. The maximum atomic E-state index is 15.8. The summed E-state index contributed by atoms with van der Waals surface area (Å²) in [5.74, 6) is -3.49. The number of hydrogen-bond acceptors (Lipinski definition) is 10. The van der Waals surface area contributed by atoms with Crippen molar-refractivity contribution < 1.29 is 40.7 Å². The molecule has 3 saturated heterocycles. The van der Waals surface area contributed by atoms with E-state index in [0.717, 1.165) is 73.6 Å². The first-order valence-electron chi connectivity index (χ1n) is 21.2. The molecule has 0 bridgehead atoms. The molecule has 1 spiro atoms. The van der Waals surface area contributed by atoms with E-state index >= 15 is 8.78 Å². The van der Waals surface area contributed by atoms with Crippen molar-refractivity contribution in [2.24, 2.45) is 7.05 Å². The number of halogens is 3. The lowest BCUT2D eigenvalue weighted by molar-refractivity contribution is -0.120. The predicted molar refractivity (Wildman–Crippen MR) is 228 cm³/mol. The van der Waals surface area contributed by atoms with Gasteiger partial charge in [-0.05, 0) is 98.9 Å². The molecule has 3 aromatic carbocycles. The summed E-state index contributed by atoms with van der Waals surface area (Å²) in [6, 6.07) is 8.98. The number of rotatable bonds is 10. The lowest BCUT2D eigenvalue weighted by Gasteiger charge is -2.44. The number of ether oxygens (including phenoxy) is 2. The highest BCUT2D eigenvalue weighted by atomic mass is 32.2. The van der Waals surface area contributed by atoms with Crippen LogP contribution >= 0.6 is 0 Å². The normalized spacial score (nSPS) is 22.1. The summed E-state index contributed by atoms with van der Waals surface area (Å²) >= 11 is 0. The Bertz CT molecular complexity index is 2800. The lowest BCUT2D eigenvalue weighted by atomic mass is 9.79. The van der Waals surface area contributed by atoms with Crippen LogP contribution in [0.25, 0.3) is 21.8 Å². The number of nitrogens with zero attached hydrogens (tertiary/aromatic N) is 7. The number of benzene rings is 3. The fourth-order valence-electron chi connectivity index (χ4n) is 9.60. The number of nitrogens with one attached hydrogen (secondary N) is 2. The average molecular weight is 892 g/mol. The maximum absolute atomic E-state index is 15.8. The SMILES string of the molecule is CCN(C)S(=O)(=O)Nc1ccc(F)c(Oc2ccc3ncn([C@H]4COC5(CCN(C6CCC(c7cc8c(cc7F)c(N7CCC(=O)NC7=O)nn8C)CC6)CC5)C4)c(=O)c3c2)c1F. The number of amides is 3. The molecule has 4 aliphatic rings. The highest BCUT2D eigenvalue weighted by molar-refractivity contribution is 7.90. The summed E-state index contributed by atoms with van der Waals surface area (Å²) in [4.78, 5) is 46.5. The standard InChI is InChI=1S/C43H48F3N9O7S/c1-4-51(2)63(59,60)50-35-12-10-32(44)39(38(35)46)62-28-9-11-34-30(19-28)41(57)55(24-47-34)27-22-43(61-23-27)14-17-53(18-15-43)26-7-5-25(6-8-26)29-21-36-31(20-33(29)45)40(49-52(36)3)54-16-13-37(56)48-42(54)58/h9-12,19-21,24-27,50H,4-8,13-18,22-23H2,1-3H3,(H,48,56,58)/t25?,26?,27-/m1/s1. The number of fused-ring (bicyclic) bond motifs is 2. The van der Waals surface area contributed by atoms with Gasteiger partial charge in [0.2, 0.25) is 11.7 Å². The molecular formula is C43H48F3N9O7S. The van der Waals surface area contributed by atoms with Crippen molar-refractivity contribution in [2.75, 3.05) is 49.5 Å². The van der Waals surface area contributed by atoms with Crippen LogP contribution < -0.4 is 25.2 Å². The Kier molecular flexibility index (Phi) is 11.2. The first-order valence-corrected chi connectivity index (χ1v) is 22.6. The zero-order valence-electron chi connectivity index (χ0n) is 35.1. The van der Waals surface area contributed by atoms with Gasteiger partial charge in [-0.1, -0.05) is 6.92 Å². The van der Waals surface area contributed by atoms with Gasteiger partial charge in [-0.3, -0.25) is 33.8 Å². The Morgan fingerprint density at radius 3 is 2.46 bits per heavy atom. The van der Waals surface area contributed by atoms with Crippen LogP contribution in [0.2, 0.25) is 0 Å². The molecule has 16 nitrogen and oxygen atoms in total. The third-order valence-corrected chi connectivity index (χ3v) is 14.9. The molecule has 4 fully saturated rings. The number of carbonyl (C=O) groups excluding carboxylic acids is 2. The summed E-state index contributed by atoms with van der Waals surface area (Å²) in [6.45, 7) is 3.88. The molecule has 0 unspecified atom stereocenters. The fourth-order valence-corrected chi connectivity index (χ4v) is 10.5. The first-order chi connectivity index (χ1) is 30.1. The molecule has 1 saturated carbocycles. The zero-order valence-corrected chi connectivity index (χ0v) is 35.9. The van der Waals surface area contributed by atoms with Crippen molar-refractivity contribution in [3.05, 3.63) is 82.2 Å². The summed E-state index contributed by atoms with van der Waals surface area (Å²) in [5, 5.41) is 7.53. The van der Waals surface area contributed by atoms with Gasteiger partial charge in [0.25, 0.3) is 5.56 Å². The van der Waals surface area contributed by atoms with Gasteiger partial charge in [0, 0.05) is 58.1 Å². The van der Waals surface area contributed by atoms with Crippen molar-refractivity contribution >= 4 is 55.5 Å². The molecule has 3 aliphatic heterocycles. The van der Waals surface area contributed by atoms with Crippen LogP contribution in [0.15, 0.2) is 53.6 Å². The molecule has 0 radical (unpaired) electrons. The Labute approximate surface area is 361 Å². The quantitative estimate of drug-likeness (QED) is 0.168. The maximum Gasteiger partial charge on any atom is 0.329 e. The zero-order chi connectivity index (χ0) is 44.4. The molecule has 9 rings (SSSR count). The minimum absolute atomic E-state index is 0.0400. The monoisotopic (exact) mass is 891 g/mol. The Hall–Kier alpha value is -5.57. The molecule has 5 heterocycles. The van der Waals surface area contributed by atoms with Gasteiger partial charge in [-0.15, -0.1) is 0 Å². The van der Waals surface area contributed by atoms with Crippen molar-refractivity contribution in [2.45, 2.75) is 81.9 Å². The topological polar surface area (TPSA) is 173 Å². The molecule has 3 amide bonds. The Morgan fingerprint density at radius 2 is 1.73 bits per heavy atom. The minimum Gasteiger partial charge on any atom is -0.451 e. The van der Waals surface area contributed by atoms with Gasteiger partial charge in [0.1, 0.15) is 11.6 Å². The smallest absolute Gasteiger partial charge is 0.329 e. The molecule has 1 aliphatic carbocycles. The summed E-state index contributed by atoms with van der Waals surface area (Å²) < 4.78 is 89.5. The molecule has 2 aromatic heterocycles. The second-order valence-electron chi connectivity index (χ2n) is 17.0. The van der Waals surface area contributed by atoms with E-state index in [1.54, 1.807) is 23.2 Å². The number of urea groups is 1. The van der Waals surface area contributed by atoms with Crippen LogP contribution in [0.4, 0.5) is 29.5 Å². The molecule has 63 heavy (non-hydrogen) atoms. The highest BCUT2D eigenvalue weighted by Gasteiger charge is 2.45. The van der Waals surface area contributed by atoms with Crippen LogP contribution in [0.1, 0.15) is 75.8 Å². The van der Waals surface area contributed by atoms with Gasteiger partial charge >= 0.3 is 16.2 Å². The highest BCUT2D eigenvalue weighted by Crippen LogP contribution is 2.44. The number of hydrogen-bond donors (Lipinski definition) is 2. The van der Waals surface area contributed by atoms with Crippen molar-refractivity contribution in [1.82, 2.24) is 33.9 Å². The average Bonchev–Trinajstić information content (AvgIpc) is 3.82. The van der Waals surface area contributed by atoms with Crippen molar-refractivity contribution in [3.63, 3.8) is 0 Å². The summed E-state index contributed by atoms with van der Waals surface area (Å²) in [7, 11) is -1.02.